The van der Waals surface area contributed by atoms with Crippen LogP contribution in [0.25, 0.3) is 21.5 Å². The summed E-state index contributed by atoms with van der Waals surface area (Å²) in [5.41, 5.74) is 0.482. The summed E-state index contributed by atoms with van der Waals surface area (Å²) < 4.78 is 188. The van der Waals surface area contributed by atoms with Crippen molar-refractivity contribution in [2.75, 3.05) is 50.7 Å². The van der Waals surface area contributed by atoms with Gasteiger partial charge in [0.15, 0.2) is 12.3 Å². The number of allylic oxidation sites excluding steroid dienone is 6. The second kappa shape index (κ2) is 21.1. The Morgan fingerprint density at radius 2 is 1.25 bits per heavy atom. The highest BCUT2D eigenvalue weighted by molar-refractivity contribution is 7.87. The van der Waals surface area contributed by atoms with Crippen LogP contribution in [0.4, 0.5) is 11.4 Å². The molecule has 4 aromatic rings. The summed E-state index contributed by atoms with van der Waals surface area (Å²) >= 11 is 0. The molecule has 392 valence electrons. The summed E-state index contributed by atoms with van der Waals surface area (Å²) in [6.07, 6.45) is 9.55. The molecular weight excluding hydrogens is 1040 g/mol. The third-order valence-electron chi connectivity index (χ3n) is 12.8. The summed E-state index contributed by atoms with van der Waals surface area (Å²) in [5.74, 6) is -1.64. The smallest absolute Gasteiger partial charge is 0.303 e. The van der Waals surface area contributed by atoms with Crippen molar-refractivity contribution in [3.63, 3.8) is 0 Å². The Kier molecular flexibility index (Phi) is 16.5. The van der Waals surface area contributed by atoms with Gasteiger partial charge >= 0.3 is 5.97 Å². The SMILES string of the molecule is COCCOCC[N+]1=C(/C=C/C=C/C=C2/N(CCCCCC(=O)O)c3ccc4c(S(=O)(=O)O)cc(S(=O)(=O)O)cc4c3C2(C)C)C(C)(CCCS(=O)(=O)O)c2c1ccc1c(S(=O)(=O)O)cc(S(=O)(=O)O)cc21. The van der Waals surface area contributed by atoms with Crippen LogP contribution in [0.5, 0.6) is 0 Å². The fraction of sp³-hybridized carbons (Fsp3) is 0.391. The van der Waals surface area contributed by atoms with Crippen LogP contribution < -0.4 is 4.90 Å². The Morgan fingerprint density at radius 1 is 0.667 bits per heavy atom. The van der Waals surface area contributed by atoms with Crippen molar-refractivity contribution in [1.82, 2.24) is 0 Å². The number of carbonyl (C=O) groups is 1. The highest BCUT2D eigenvalue weighted by Gasteiger charge is 2.49. The third-order valence-corrected chi connectivity index (χ3v) is 17.0. The average molecular weight is 1100 g/mol. The van der Waals surface area contributed by atoms with Crippen LogP contribution in [0.1, 0.15) is 70.4 Å². The molecular formula is C46H55N2O19S5+. The summed E-state index contributed by atoms with van der Waals surface area (Å²) in [6, 6.07) is 9.41. The maximum absolute atomic E-state index is 12.7. The number of ether oxygens (including phenoxy) is 2. The van der Waals surface area contributed by atoms with Gasteiger partial charge in [0.1, 0.15) is 16.4 Å². The van der Waals surface area contributed by atoms with Crippen molar-refractivity contribution in [2.45, 2.75) is 89.7 Å². The maximum atomic E-state index is 12.7. The van der Waals surface area contributed by atoms with Gasteiger partial charge in [0.2, 0.25) is 5.69 Å². The molecule has 0 fully saturated rings. The molecule has 6 rings (SSSR count). The minimum absolute atomic E-state index is 0.00962. The standard InChI is InChI=1S/C46H54N2O19S5/c1-45(2)40(47(20-10-6-9-14-42(49)50)36-17-15-32-34(43(36)45)26-30(69(54,55)56)28-38(32)71(60,61)62)12-7-5-8-13-41-46(3,19-11-25-68(51,52)53)44-35-27-31(70(57,58)59)29-39(72(63,64)65)33(35)16-18-37(44)48(41)21-22-67-24-23-66-4/h5,7-8,12-13,15-18,26-29H,6,9-11,14,19-25H2,1-4H3,(H5-,49,50,51,52,53,54,55,56,57,58,59,60,61,62,63,64,65)/p+1. The number of carboxylic acid groups (broad SMARTS) is 1. The summed E-state index contributed by atoms with van der Waals surface area (Å²) in [4.78, 5) is 10.0. The van der Waals surface area contributed by atoms with Crippen molar-refractivity contribution < 1.29 is 88.8 Å². The number of fused-ring (bicyclic) bond motifs is 6. The van der Waals surface area contributed by atoms with E-state index in [0.717, 1.165) is 12.1 Å². The number of methoxy groups -OCH3 is 1. The molecule has 1 unspecified atom stereocenters. The van der Waals surface area contributed by atoms with Crippen molar-refractivity contribution in [3.8, 4) is 0 Å². The number of unbranched alkanes of at least 4 members (excludes halogenated alkanes) is 2. The van der Waals surface area contributed by atoms with Crippen LogP contribution in [0.2, 0.25) is 0 Å². The van der Waals surface area contributed by atoms with Crippen LogP contribution in [-0.4, -0.2) is 132 Å². The first-order valence-corrected chi connectivity index (χ1v) is 29.5. The summed E-state index contributed by atoms with van der Waals surface area (Å²) in [7, 11) is -23.2. The zero-order valence-electron chi connectivity index (χ0n) is 39.4. The molecule has 0 amide bonds. The molecule has 2 aliphatic rings. The third kappa shape index (κ3) is 12.2. The molecule has 6 N–H and O–H groups in total. The largest absolute Gasteiger partial charge is 0.481 e. The molecule has 0 spiro atoms. The fourth-order valence-corrected chi connectivity index (χ4v) is 12.9. The van der Waals surface area contributed by atoms with Crippen LogP contribution in [-0.2, 0) is 75.7 Å². The van der Waals surface area contributed by atoms with E-state index in [0.29, 0.717) is 71.9 Å². The maximum Gasteiger partial charge on any atom is 0.303 e. The minimum Gasteiger partial charge on any atom is -0.481 e. The Hall–Kier alpha value is -4.97. The van der Waals surface area contributed by atoms with E-state index < -0.39 is 92.7 Å². The number of carboxylic acids is 1. The molecule has 1 atom stereocenters. The van der Waals surface area contributed by atoms with E-state index in [9.17, 15) is 74.8 Å². The zero-order valence-corrected chi connectivity index (χ0v) is 43.5. The highest BCUT2D eigenvalue weighted by Crippen LogP contribution is 2.52. The first-order valence-electron chi connectivity index (χ1n) is 22.2. The van der Waals surface area contributed by atoms with Gasteiger partial charge in [-0.3, -0.25) is 27.6 Å². The lowest BCUT2D eigenvalue weighted by Gasteiger charge is -2.27. The summed E-state index contributed by atoms with van der Waals surface area (Å²) in [5, 5.41) is 9.19. The molecule has 2 aliphatic heterocycles. The van der Waals surface area contributed by atoms with Gasteiger partial charge in [-0.1, -0.05) is 44.6 Å². The Morgan fingerprint density at radius 3 is 1.79 bits per heavy atom. The zero-order chi connectivity index (χ0) is 53.4. The predicted molar refractivity (Wildman–Crippen MR) is 265 cm³/mol. The molecule has 72 heavy (non-hydrogen) atoms. The number of hydrogen-bond acceptors (Lipinski definition) is 14. The second-order valence-electron chi connectivity index (χ2n) is 18.0. The van der Waals surface area contributed by atoms with E-state index in [4.69, 9.17) is 9.47 Å². The lowest BCUT2D eigenvalue weighted by atomic mass is 9.74. The van der Waals surface area contributed by atoms with E-state index in [2.05, 4.69) is 0 Å². The van der Waals surface area contributed by atoms with Gasteiger partial charge in [0.25, 0.3) is 50.6 Å². The van der Waals surface area contributed by atoms with E-state index in [1.165, 1.54) is 19.2 Å². The Labute approximate surface area is 417 Å². The molecule has 0 radical (unpaired) electrons. The number of benzene rings is 4. The molecule has 26 heteroatoms. The van der Waals surface area contributed by atoms with Gasteiger partial charge in [-0.15, -0.1) is 0 Å². The molecule has 0 saturated heterocycles. The van der Waals surface area contributed by atoms with E-state index in [-0.39, 0.29) is 67.2 Å². The molecule has 0 aromatic heterocycles. The average Bonchev–Trinajstić information content (AvgIpc) is 3.62. The van der Waals surface area contributed by atoms with Gasteiger partial charge in [-0.05, 0) is 91.4 Å². The topological polar surface area (TPSA) is 334 Å². The predicted octanol–water partition coefficient (Wildman–Crippen LogP) is 6.11. The fourth-order valence-electron chi connectivity index (χ4n) is 9.69. The van der Waals surface area contributed by atoms with Gasteiger partial charge in [0, 0.05) is 65.4 Å². The van der Waals surface area contributed by atoms with E-state index in [1.807, 2.05) is 4.90 Å². The molecule has 0 aliphatic carbocycles. The van der Waals surface area contributed by atoms with E-state index in [1.54, 1.807) is 67.9 Å². The van der Waals surface area contributed by atoms with Gasteiger partial charge in [-0.2, -0.15) is 46.7 Å². The van der Waals surface area contributed by atoms with Crippen molar-refractivity contribution in [2.24, 2.45) is 0 Å². The number of rotatable bonds is 23. The van der Waals surface area contributed by atoms with Crippen LogP contribution in [0, 0.1) is 0 Å². The summed E-state index contributed by atoms with van der Waals surface area (Å²) in [6.45, 7) is 6.34. The molecule has 4 aromatic carbocycles. The lowest BCUT2D eigenvalue weighted by Crippen LogP contribution is -2.33. The van der Waals surface area contributed by atoms with Crippen LogP contribution in [0.3, 0.4) is 0 Å². The minimum atomic E-state index is -5.11. The van der Waals surface area contributed by atoms with Gasteiger partial charge < -0.3 is 19.5 Å². The Balaban J connectivity index is 1.52. The van der Waals surface area contributed by atoms with Crippen molar-refractivity contribution in [1.29, 1.82) is 0 Å². The lowest BCUT2D eigenvalue weighted by molar-refractivity contribution is -0.442. The van der Waals surface area contributed by atoms with Crippen LogP contribution in [0.15, 0.2) is 104 Å². The number of hydrogen-bond donors (Lipinski definition) is 6. The monoisotopic (exact) mass is 1100 g/mol. The van der Waals surface area contributed by atoms with Gasteiger partial charge in [-0.25, -0.2) is 0 Å². The number of nitrogens with zero attached hydrogens (tertiary/aromatic N) is 2. The van der Waals surface area contributed by atoms with Crippen molar-refractivity contribution >= 4 is 95.2 Å². The first-order chi connectivity index (χ1) is 33.3. The highest BCUT2D eigenvalue weighted by atomic mass is 32.2. The first kappa shape index (κ1) is 56.3. The quantitative estimate of drug-likeness (QED) is 0.0211. The Bertz CT molecular complexity index is 3550. The number of aliphatic carboxylic acids is 1. The molecule has 2 heterocycles. The van der Waals surface area contributed by atoms with E-state index >= 15 is 0 Å². The second-order valence-corrected chi connectivity index (χ2v) is 25.2. The molecule has 21 nitrogen and oxygen atoms in total. The van der Waals surface area contributed by atoms with Crippen molar-refractivity contribution in [3.05, 3.63) is 95.7 Å². The number of anilines is 1. The molecule has 0 bridgehead atoms. The van der Waals surface area contributed by atoms with Gasteiger partial charge in [0.05, 0.1) is 34.2 Å². The molecule has 0 saturated carbocycles. The normalized spacial score (nSPS) is 18.1. The van der Waals surface area contributed by atoms with Crippen LogP contribution >= 0.6 is 0 Å².